The maximum atomic E-state index is 12.7. The fourth-order valence-electron chi connectivity index (χ4n) is 3.12. The number of carbonyl (C=O) groups is 2. The van der Waals surface area contributed by atoms with Crippen LogP contribution in [0.5, 0.6) is 0 Å². The van der Waals surface area contributed by atoms with E-state index in [0.29, 0.717) is 5.01 Å². The number of hydrogen-bond donors (Lipinski definition) is 2. The summed E-state index contributed by atoms with van der Waals surface area (Å²) in [5.74, 6) is -1.08. The first-order valence-corrected chi connectivity index (χ1v) is 8.43. The van der Waals surface area contributed by atoms with E-state index >= 15 is 0 Å². The van der Waals surface area contributed by atoms with Gasteiger partial charge >= 0.3 is 5.97 Å². The molecule has 1 aromatic carbocycles. The fraction of sp³-hybridized carbons (Fsp3) is 0.353. The van der Waals surface area contributed by atoms with Crippen molar-refractivity contribution in [3.05, 3.63) is 51.5 Å². The fourth-order valence-corrected chi connectivity index (χ4v) is 3.83. The summed E-state index contributed by atoms with van der Waals surface area (Å²) in [6, 6.07) is 8.08. The van der Waals surface area contributed by atoms with Crippen molar-refractivity contribution < 1.29 is 14.7 Å². The van der Waals surface area contributed by atoms with Gasteiger partial charge in [0.25, 0.3) is 0 Å². The Labute approximate surface area is 138 Å². The molecule has 0 saturated heterocycles. The average molecular weight is 330 g/mol. The number of benzene rings is 1. The van der Waals surface area contributed by atoms with Crippen LogP contribution in [0.15, 0.2) is 29.6 Å². The third-order valence-electron chi connectivity index (χ3n) is 4.41. The third-order valence-corrected chi connectivity index (χ3v) is 5.26. The number of carboxylic acid groups (broad SMARTS) is 1. The van der Waals surface area contributed by atoms with Gasteiger partial charge < -0.3 is 10.4 Å². The Balaban J connectivity index is 1.74. The highest BCUT2D eigenvalue weighted by Crippen LogP contribution is 2.37. The third kappa shape index (κ3) is 2.99. The Hall–Kier alpha value is -2.21. The first kappa shape index (κ1) is 15.7. The number of thiazole rings is 1. The van der Waals surface area contributed by atoms with Gasteiger partial charge in [-0.25, -0.2) is 9.78 Å². The van der Waals surface area contributed by atoms with E-state index in [-0.39, 0.29) is 18.1 Å². The predicted molar refractivity (Wildman–Crippen MR) is 87.7 cm³/mol. The van der Waals surface area contributed by atoms with Gasteiger partial charge in [-0.15, -0.1) is 11.3 Å². The highest BCUT2D eigenvalue weighted by Gasteiger charge is 2.38. The molecule has 1 atom stereocenters. The van der Waals surface area contributed by atoms with Crippen LogP contribution < -0.4 is 5.32 Å². The number of aromatic carboxylic acids is 1. The predicted octanol–water partition coefficient (Wildman–Crippen LogP) is 2.75. The first-order valence-electron chi connectivity index (χ1n) is 7.55. The Bertz CT molecular complexity index is 756. The molecule has 0 bridgehead atoms. The van der Waals surface area contributed by atoms with Crippen LogP contribution in [-0.2, 0) is 23.2 Å². The average Bonchev–Trinajstić information content (AvgIpc) is 3.02. The molecule has 1 aromatic heterocycles. The summed E-state index contributed by atoms with van der Waals surface area (Å²) in [5, 5.41) is 13.9. The SMILES string of the molecule is C[C@]1(C(=O)NCc2nc(C(=O)O)cs2)CCCc2ccccc21. The van der Waals surface area contributed by atoms with Crippen LogP contribution in [-0.4, -0.2) is 22.0 Å². The van der Waals surface area contributed by atoms with Crippen molar-refractivity contribution in [2.24, 2.45) is 0 Å². The summed E-state index contributed by atoms with van der Waals surface area (Å²) < 4.78 is 0. The van der Waals surface area contributed by atoms with Crippen LogP contribution in [0.2, 0.25) is 0 Å². The van der Waals surface area contributed by atoms with Crippen LogP contribution in [0.3, 0.4) is 0 Å². The lowest BCUT2D eigenvalue weighted by atomic mass is 9.70. The first-order chi connectivity index (χ1) is 11.0. The van der Waals surface area contributed by atoms with E-state index in [1.165, 1.54) is 22.3 Å². The molecule has 0 aliphatic heterocycles. The van der Waals surface area contributed by atoms with Crippen molar-refractivity contribution in [3.8, 4) is 0 Å². The zero-order valence-electron chi connectivity index (χ0n) is 12.8. The van der Waals surface area contributed by atoms with E-state index < -0.39 is 11.4 Å². The highest BCUT2D eigenvalue weighted by atomic mass is 32.1. The lowest BCUT2D eigenvalue weighted by Gasteiger charge is -2.34. The largest absolute Gasteiger partial charge is 0.476 e. The molecule has 6 heteroatoms. The van der Waals surface area contributed by atoms with Gasteiger partial charge in [0.05, 0.1) is 12.0 Å². The van der Waals surface area contributed by atoms with Crippen molar-refractivity contribution in [1.82, 2.24) is 10.3 Å². The molecule has 1 heterocycles. The van der Waals surface area contributed by atoms with Crippen molar-refractivity contribution in [2.45, 2.75) is 38.1 Å². The van der Waals surface area contributed by atoms with Gasteiger partial charge in [-0.3, -0.25) is 4.79 Å². The number of aryl methyl sites for hydroxylation is 1. The van der Waals surface area contributed by atoms with Crippen molar-refractivity contribution in [3.63, 3.8) is 0 Å². The molecule has 1 amide bonds. The number of hydrogen-bond acceptors (Lipinski definition) is 4. The topological polar surface area (TPSA) is 79.3 Å². The van der Waals surface area contributed by atoms with E-state index in [0.717, 1.165) is 24.8 Å². The minimum atomic E-state index is -1.05. The molecule has 0 fully saturated rings. The standard InChI is InChI=1S/C17H18N2O3S/c1-17(8-4-6-11-5-2-3-7-12(11)17)16(22)18-9-14-19-13(10-23-14)15(20)21/h2-3,5,7,10H,4,6,8-9H2,1H3,(H,18,22)(H,20,21)/t17-/m0/s1. The number of carbonyl (C=O) groups excluding carboxylic acids is 1. The summed E-state index contributed by atoms with van der Waals surface area (Å²) in [6.45, 7) is 2.24. The Morgan fingerprint density at radius 3 is 2.91 bits per heavy atom. The van der Waals surface area contributed by atoms with Gasteiger partial charge in [0.2, 0.25) is 5.91 Å². The summed E-state index contributed by atoms with van der Waals surface area (Å²) >= 11 is 1.24. The van der Waals surface area contributed by atoms with E-state index in [1.807, 2.05) is 25.1 Å². The summed E-state index contributed by atoms with van der Waals surface area (Å²) in [5.41, 5.74) is 1.81. The molecule has 1 aliphatic carbocycles. The second kappa shape index (κ2) is 6.12. The number of aromatic nitrogens is 1. The van der Waals surface area contributed by atoms with Gasteiger partial charge in [-0.1, -0.05) is 24.3 Å². The molecule has 0 saturated carbocycles. The van der Waals surface area contributed by atoms with Gasteiger partial charge in [-0.2, -0.15) is 0 Å². The molecule has 0 unspecified atom stereocenters. The molecule has 2 aromatic rings. The number of carboxylic acids is 1. The molecule has 5 nitrogen and oxygen atoms in total. The van der Waals surface area contributed by atoms with Crippen LogP contribution in [0.4, 0.5) is 0 Å². The summed E-state index contributed by atoms with van der Waals surface area (Å²) in [6.07, 6.45) is 2.81. The Kier molecular flexibility index (Phi) is 4.17. The number of rotatable bonds is 4. The molecular weight excluding hydrogens is 312 g/mol. The van der Waals surface area contributed by atoms with E-state index in [2.05, 4.69) is 16.4 Å². The molecule has 23 heavy (non-hydrogen) atoms. The lowest BCUT2D eigenvalue weighted by Crippen LogP contribution is -2.44. The van der Waals surface area contributed by atoms with Crippen molar-refractivity contribution in [1.29, 1.82) is 0 Å². The Morgan fingerprint density at radius 2 is 2.17 bits per heavy atom. The number of nitrogens with one attached hydrogen (secondary N) is 1. The van der Waals surface area contributed by atoms with Gasteiger partial charge in [-0.05, 0) is 37.3 Å². The highest BCUT2D eigenvalue weighted by molar-refractivity contribution is 7.09. The van der Waals surface area contributed by atoms with E-state index in [4.69, 9.17) is 5.11 Å². The van der Waals surface area contributed by atoms with Gasteiger partial charge in [0, 0.05) is 5.38 Å². The normalized spacial score (nSPS) is 19.9. The van der Waals surface area contributed by atoms with Gasteiger partial charge in [0.15, 0.2) is 5.69 Å². The molecule has 0 spiro atoms. The number of fused-ring (bicyclic) bond motifs is 1. The number of nitrogens with zero attached hydrogens (tertiary/aromatic N) is 1. The van der Waals surface area contributed by atoms with Crippen LogP contribution >= 0.6 is 11.3 Å². The molecule has 0 radical (unpaired) electrons. The summed E-state index contributed by atoms with van der Waals surface area (Å²) in [7, 11) is 0. The molecule has 1 aliphatic rings. The lowest BCUT2D eigenvalue weighted by molar-refractivity contribution is -0.126. The van der Waals surface area contributed by atoms with Crippen LogP contribution in [0.1, 0.15) is 46.4 Å². The van der Waals surface area contributed by atoms with E-state index in [1.54, 1.807) is 0 Å². The van der Waals surface area contributed by atoms with Gasteiger partial charge in [0.1, 0.15) is 5.01 Å². The maximum absolute atomic E-state index is 12.7. The van der Waals surface area contributed by atoms with Crippen LogP contribution in [0, 0.1) is 0 Å². The molecular formula is C17H18N2O3S. The van der Waals surface area contributed by atoms with Crippen LogP contribution in [0.25, 0.3) is 0 Å². The second-order valence-corrected chi connectivity index (χ2v) is 6.90. The van der Waals surface area contributed by atoms with E-state index in [9.17, 15) is 9.59 Å². The minimum absolute atomic E-state index is 0.0217. The minimum Gasteiger partial charge on any atom is -0.476 e. The monoisotopic (exact) mass is 330 g/mol. The molecule has 120 valence electrons. The zero-order valence-corrected chi connectivity index (χ0v) is 13.7. The van der Waals surface area contributed by atoms with Crippen molar-refractivity contribution >= 4 is 23.2 Å². The number of amides is 1. The van der Waals surface area contributed by atoms with Crippen molar-refractivity contribution in [2.75, 3.05) is 0 Å². The quantitative estimate of drug-likeness (QED) is 0.903. The Morgan fingerprint density at radius 1 is 1.39 bits per heavy atom. The maximum Gasteiger partial charge on any atom is 0.355 e. The smallest absolute Gasteiger partial charge is 0.355 e. The zero-order chi connectivity index (χ0) is 16.4. The summed E-state index contributed by atoms with van der Waals surface area (Å²) in [4.78, 5) is 27.6. The molecule has 3 rings (SSSR count). The molecule has 2 N–H and O–H groups in total. The second-order valence-electron chi connectivity index (χ2n) is 5.96.